The highest BCUT2D eigenvalue weighted by atomic mass is 16.8. The number of nitrogens with zero attached hydrogens (tertiary/aromatic N) is 4. The summed E-state index contributed by atoms with van der Waals surface area (Å²) < 4.78 is 16.0. The van der Waals surface area contributed by atoms with E-state index in [1.807, 2.05) is 20.8 Å². The van der Waals surface area contributed by atoms with E-state index < -0.39 is 28.3 Å². The minimum atomic E-state index is -1.15. The van der Waals surface area contributed by atoms with E-state index >= 15 is 0 Å². The van der Waals surface area contributed by atoms with Crippen molar-refractivity contribution in [2.24, 2.45) is 10.2 Å². The van der Waals surface area contributed by atoms with Crippen LogP contribution in [0.5, 0.6) is 0 Å². The molecule has 1 aliphatic heterocycles. The number of rotatable bonds is 3. The zero-order chi connectivity index (χ0) is 21.7. The van der Waals surface area contributed by atoms with Gasteiger partial charge in [0.2, 0.25) is 5.58 Å². The van der Waals surface area contributed by atoms with Crippen molar-refractivity contribution in [2.45, 2.75) is 57.7 Å². The van der Waals surface area contributed by atoms with Crippen LogP contribution in [0.1, 0.15) is 52.0 Å². The fourth-order valence-electron chi connectivity index (χ4n) is 3.46. The lowest BCUT2D eigenvalue weighted by molar-refractivity contribution is -0.383. The van der Waals surface area contributed by atoms with Gasteiger partial charge in [-0.25, -0.2) is 4.79 Å². The Kier molecular flexibility index (Phi) is 4.48. The average Bonchev–Trinajstić information content (AvgIpc) is 3.25. The summed E-state index contributed by atoms with van der Waals surface area (Å²) in [5.74, 6) is -2.71. The van der Waals surface area contributed by atoms with Gasteiger partial charge >= 0.3 is 23.6 Å². The van der Waals surface area contributed by atoms with Crippen molar-refractivity contribution in [1.82, 2.24) is 4.98 Å². The van der Waals surface area contributed by atoms with Gasteiger partial charge in [-0.3, -0.25) is 10.1 Å². The summed E-state index contributed by atoms with van der Waals surface area (Å²) in [5.41, 5.74) is -0.266. The third-order valence-corrected chi connectivity index (χ3v) is 5.08. The third kappa shape index (κ3) is 3.46. The summed E-state index contributed by atoms with van der Waals surface area (Å²) in [6, 6.07) is 2.79. The van der Waals surface area contributed by atoms with Crippen LogP contribution in [0.3, 0.4) is 0 Å². The number of non-ortho nitro benzene ring substituents is 1. The number of fused-ring (bicyclic) bond motifs is 1. The first kappa shape index (κ1) is 19.8. The number of benzene rings is 1. The molecule has 2 heterocycles. The van der Waals surface area contributed by atoms with E-state index in [0.29, 0.717) is 18.4 Å². The Bertz CT molecular complexity index is 1100. The van der Waals surface area contributed by atoms with Crippen LogP contribution in [0.15, 0.2) is 38.4 Å². The van der Waals surface area contributed by atoms with Crippen LogP contribution in [0.25, 0.3) is 11.1 Å². The van der Waals surface area contributed by atoms with Gasteiger partial charge in [0.1, 0.15) is 5.52 Å². The molecule has 11 heteroatoms. The maximum absolute atomic E-state index is 12.2. The molecule has 1 saturated carbocycles. The van der Waals surface area contributed by atoms with E-state index in [-0.39, 0.29) is 28.2 Å². The molecule has 0 atom stereocenters. The maximum Gasteiger partial charge on any atom is 0.369 e. The summed E-state index contributed by atoms with van der Waals surface area (Å²) in [6.07, 6.45) is 2.60. The van der Waals surface area contributed by atoms with Gasteiger partial charge in [0, 0.05) is 18.9 Å². The van der Waals surface area contributed by atoms with Crippen LogP contribution in [0.4, 0.5) is 11.7 Å². The summed E-state index contributed by atoms with van der Waals surface area (Å²) in [5, 5.41) is 28.9. The molecular formula is C19H20N4O7. The Morgan fingerprint density at radius 1 is 1.20 bits per heavy atom. The SMILES string of the molecule is CC(C)(C)c1cc([N+](=O)[O-])c2oc(N=NC3=C(O)OC4(CCCC4)OC3=O)nc2c1. The molecule has 2 aromatic rings. The molecule has 1 aromatic heterocycles. The Labute approximate surface area is 170 Å². The molecule has 11 nitrogen and oxygen atoms in total. The van der Waals surface area contributed by atoms with Crippen molar-refractivity contribution in [3.05, 3.63) is 39.5 Å². The Morgan fingerprint density at radius 3 is 2.50 bits per heavy atom. The molecule has 4 rings (SSSR count). The lowest BCUT2D eigenvalue weighted by atomic mass is 9.86. The molecule has 0 bridgehead atoms. The molecule has 30 heavy (non-hydrogen) atoms. The van der Waals surface area contributed by atoms with Crippen molar-refractivity contribution in [1.29, 1.82) is 0 Å². The largest absolute Gasteiger partial charge is 0.479 e. The number of hydrogen-bond donors (Lipinski definition) is 1. The monoisotopic (exact) mass is 416 g/mol. The molecule has 1 aromatic carbocycles. The number of aliphatic hydroxyl groups excluding tert-OH is 1. The van der Waals surface area contributed by atoms with E-state index in [2.05, 4.69) is 15.2 Å². The normalized spacial score (nSPS) is 19.0. The highest BCUT2D eigenvalue weighted by molar-refractivity contribution is 5.89. The van der Waals surface area contributed by atoms with Crippen molar-refractivity contribution < 1.29 is 28.7 Å². The topological polar surface area (TPSA) is 150 Å². The minimum absolute atomic E-state index is 0.0625. The van der Waals surface area contributed by atoms with E-state index in [9.17, 15) is 20.0 Å². The summed E-state index contributed by atoms with van der Waals surface area (Å²) in [7, 11) is 0. The molecule has 1 N–H and O–H groups in total. The highest BCUT2D eigenvalue weighted by Crippen LogP contribution is 2.40. The van der Waals surface area contributed by atoms with Crippen LogP contribution >= 0.6 is 0 Å². The summed E-state index contributed by atoms with van der Waals surface area (Å²) >= 11 is 0. The average molecular weight is 416 g/mol. The fourth-order valence-corrected chi connectivity index (χ4v) is 3.46. The Hall–Kier alpha value is -3.50. The molecule has 0 unspecified atom stereocenters. The van der Waals surface area contributed by atoms with Gasteiger partial charge < -0.3 is 19.0 Å². The zero-order valence-electron chi connectivity index (χ0n) is 16.7. The molecule has 0 saturated heterocycles. The van der Waals surface area contributed by atoms with Crippen LogP contribution in [-0.2, 0) is 19.7 Å². The van der Waals surface area contributed by atoms with E-state index in [0.717, 1.165) is 12.8 Å². The smallest absolute Gasteiger partial charge is 0.369 e. The fraction of sp³-hybridized carbons (Fsp3) is 0.474. The number of carbonyl (C=O) groups is 1. The van der Waals surface area contributed by atoms with Crippen LogP contribution in [0, 0.1) is 10.1 Å². The van der Waals surface area contributed by atoms with Crippen molar-refractivity contribution in [3.8, 4) is 0 Å². The second kappa shape index (κ2) is 6.78. The number of hydrogen-bond acceptors (Lipinski definition) is 10. The van der Waals surface area contributed by atoms with Gasteiger partial charge in [-0.05, 0) is 29.9 Å². The number of ether oxygens (including phenoxy) is 2. The standard InChI is InChI=1S/C19H20N4O7/c1-18(2,3)10-8-11-14(12(9-10)23(26)27)28-17(20-11)22-21-13-15(24)29-19(30-16(13)25)6-4-5-7-19/h8-9,24H,4-7H2,1-3H3. The van der Waals surface area contributed by atoms with Gasteiger partial charge in [-0.1, -0.05) is 25.9 Å². The molecule has 0 radical (unpaired) electrons. The lowest BCUT2D eigenvalue weighted by Crippen LogP contribution is -2.39. The molecule has 1 aliphatic carbocycles. The first-order chi connectivity index (χ1) is 14.1. The first-order valence-electron chi connectivity index (χ1n) is 9.45. The molecule has 1 spiro atoms. The van der Waals surface area contributed by atoms with Gasteiger partial charge in [0.15, 0.2) is 0 Å². The number of oxazole rings is 1. The number of azo groups is 1. The molecular weight excluding hydrogens is 396 g/mol. The zero-order valence-corrected chi connectivity index (χ0v) is 16.7. The predicted octanol–water partition coefficient (Wildman–Crippen LogP) is 4.69. The van der Waals surface area contributed by atoms with Crippen LogP contribution < -0.4 is 0 Å². The van der Waals surface area contributed by atoms with E-state index in [1.165, 1.54) is 6.07 Å². The second-order valence-corrected chi connectivity index (χ2v) is 8.31. The number of nitro groups is 1. The number of aliphatic hydroxyl groups is 1. The molecule has 1 fully saturated rings. The maximum atomic E-state index is 12.2. The molecule has 2 aliphatic rings. The van der Waals surface area contributed by atoms with Gasteiger partial charge in [-0.2, -0.15) is 4.98 Å². The second-order valence-electron chi connectivity index (χ2n) is 8.31. The van der Waals surface area contributed by atoms with Crippen molar-refractivity contribution >= 4 is 28.8 Å². The lowest BCUT2D eigenvalue weighted by Gasteiger charge is -2.32. The Morgan fingerprint density at radius 2 is 1.90 bits per heavy atom. The number of esters is 1. The summed E-state index contributed by atoms with van der Waals surface area (Å²) in [4.78, 5) is 27.2. The van der Waals surface area contributed by atoms with Crippen molar-refractivity contribution in [2.75, 3.05) is 0 Å². The predicted molar refractivity (Wildman–Crippen MR) is 102 cm³/mol. The molecule has 158 valence electrons. The Balaban J connectivity index is 1.69. The third-order valence-electron chi connectivity index (χ3n) is 5.08. The number of nitro benzene ring substituents is 1. The van der Waals surface area contributed by atoms with Gasteiger partial charge in [0.25, 0.3) is 11.5 Å². The number of carbonyl (C=O) groups excluding carboxylic acids is 1. The van der Waals surface area contributed by atoms with Crippen LogP contribution in [0.2, 0.25) is 0 Å². The van der Waals surface area contributed by atoms with Crippen LogP contribution in [-0.4, -0.2) is 26.8 Å². The van der Waals surface area contributed by atoms with Crippen molar-refractivity contribution in [3.63, 3.8) is 0 Å². The van der Waals surface area contributed by atoms with E-state index in [1.54, 1.807) is 6.07 Å². The van der Waals surface area contributed by atoms with Gasteiger partial charge in [0.05, 0.1) is 4.92 Å². The minimum Gasteiger partial charge on any atom is -0.479 e. The van der Waals surface area contributed by atoms with E-state index in [4.69, 9.17) is 13.9 Å². The molecule has 0 amide bonds. The highest BCUT2D eigenvalue weighted by Gasteiger charge is 2.46. The van der Waals surface area contributed by atoms with Gasteiger partial charge in [-0.15, -0.1) is 5.11 Å². The first-order valence-corrected chi connectivity index (χ1v) is 9.45. The number of aromatic nitrogens is 1. The summed E-state index contributed by atoms with van der Waals surface area (Å²) in [6.45, 7) is 5.75. The quantitative estimate of drug-likeness (QED) is 0.328.